The predicted molar refractivity (Wildman–Crippen MR) is 137 cm³/mol. The van der Waals surface area contributed by atoms with Gasteiger partial charge in [-0.05, 0) is 41.5 Å². The van der Waals surface area contributed by atoms with Crippen LogP contribution in [0.5, 0.6) is 0 Å². The highest BCUT2D eigenvalue weighted by Crippen LogP contribution is 2.38. The standard InChI is InChI=1S/C27H24N4O3S/c28-17-20-8-11-24-23(16-20)25(27(32)30-24)26(21-4-2-1-3-5-21)29-22-9-6-19(7-10-22)18-31-12-14-35(33,34)15-13-31/h1-11,16,29H,12-15,18H2,(H,30,32). The van der Waals surface area contributed by atoms with Crippen LogP contribution >= 0.6 is 0 Å². The largest absolute Gasteiger partial charge is 0.354 e. The SMILES string of the molecule is N#Cc1ccc2c(c1)C(=C(Nc1ccc(CN3CCS(=O)(=O)CC3)cc1)c1ccccc1)C(=O)N2. The monoisotopic (exact) mass is 484 g/mol. The summed E-state index contributed by atoms with van der Waals surface area (Å²) >= 11 is 0. The number of amides is 1. The molecule has 0 aliphatic carbocycles. The zero-order chi connectivity index (χ0) is 24.4. The van der Waals surface area contributed by atoms with Crippen molar-refractivity contribution in [1.82, 2.24) is 4.90 Å². The second-order valence-corrected chi connectivity index (χ2v) is 11.0. The molecule has 0 aromatic heterocycles. The van der Waals surface area contributed by atoms with Gasteiger partial charge in [0.05, 0.1) is 34.4 Å². The maximum Gasteiger partial charge on any atom is 0.258 e. The molecule has 2 aliphatic rings. The van der Waals surface area contributed by atoms with E-state index in [-0.39, 0.29) is 17.4 Å². The predicted octanol–water partition coefficient (Wildman–Crippen LogP) is 3.72. The van der Waals surface area contributed by atoms with Crippen LogP contribution in [0.2, 0.25) is 0 Å². The van der Waals surface area contributed by atoms with Gasteiger partial charge in [-0.15, -0.1) is 0 Å². The Kier molecular flexibility index (Phi) is 6.12. The Morgan fingerprint density at radius 1 is 1.00 bits per heavy atom. The van der Waals surface area contributed by atoms with Gasteiger partial charge in [-0.3, -0.25) is 9.69 Å². The van der Waals surface area contributed by atoms with Gasteiger partial charge in [-0.2, -0.15) is 5.26 Å². The fourth-order valence-corrected chi connectivity index (χ4v) is 5.65. The maximum atomic E-state index is 13.0. The fourth-order valence-electron chi connectivity index (χ4n) is 4.37. The quantitative estimate of drug-likeness (QED) is 0.535. The van der Waals surface area contributed by atoms with Crippen LogP contribution in [-0.2, 0) is 21.2 Å². The van der Waals surface area contributed by atoms with E-state index in [0.717, 1.165) is 16.8 Å². The second kappa shape index (κ2) is 9.37. The van der Waals surface area contributed by atoms with Crippen molar-refractivity contribution in [2.24, 2.45) is 0 Å². The number of hydrogen-bond acceptors (Lipinski definition) is 6. The lowest BCUT2D eigenvalue weighted by Crippen LogP contribution is -2.39. The van der Waals surface area contributed by atoms with Gasteiger partial charge in [0.25, 0.3) is 5.91 Å². The molecule has 2 aliphatic heterocycles. The third kappa shape index (κ3) is 4.97. The molecule has 1 fully saturated rings. The molecule has 0 spiro atoms. The third-order valence-corrected chi connectivity index (χ3v) is 7.88. The van der Waals surface area contributed by atoms with Gasteiger partial charge in [-0.25, -0.2) is 8.42 Å². The van der Waals surface area contributed by atoms with Gasteiger partial charge in [0, 0.05) is 36.6 Å². The second-order valence-electron chi connectivity index (χ2n) is 8.69. The summed E-state index contributed by atoms with van der Waals surface area (Å²) in [4.78, 5) is 15.2. The first kappa shape index (κ1) is 22.8. The number of anilines is 2. The minimum atomic E-state index is -2.90. The third-order valence-electron chi connectivity index (χ3n) is 6.27. The number of nitrogens with zero attached hydrogens (tertiary/aromatic N) is 2. The highest BCUT2D eigenvalue weighted by Gasteiger charge is 2.29. The first-order valence-electron chi connectivity index (χ1n) is 11.4. The van der Waals surface area contributed by atoms with Crippen LogP contribution in [0.15, 0.2) is 72.8 Å². The topological polar surface area (TPSA) is 102 Å². The summed E-state index contributed by atoms with van der Waals surface area (Å²) in [6, 6.07) is 24.9. The summed E-state index contributed by atoms with van der Waals surface area (Å²) in [5.74, 6) is 0.188. The molecular weight excluding hydrogens is 460 g/mol. The molecule has 2 heterocycles. The van der Waals surface area contributed by atoms with Gasteiger partial charge >= 0.3 is 0 Å². The van der Waals surface area contributed by atoms with Crippen molar-refractivity contribution in [1.29, 1.82) is 5.26 Å². The number of fused-ring (bicyclic) bond motifs is 1. The van der Waals surface area contributed by atoms with Crippen molar-refractivity contribution >= 4 is 38.4 Å². The van der Waals surface area contributed by atoms with Crippen molar-refractivity contribution in [2.45, 2.75) is 6.54 Å². The number of hydrogen-bond donors (Lipinski definition) is 2. The fraction of sp³-hybridized carbons (Fsp3) is 0.185. The van der Waals surface area contributed by atoms with E-state index in [9.17, 15) is 18.5 Å². The first-order chi connectivity index (χ1) is 16.9. The minimum Gasteiger partial charge on any atom is -0.354 e. The van der Waals surface area contributed by atoms with E-state index in [0.29, 0.717) is 47.7 Å². The number of nitriles is 1. The number of carbonyl (C=O) groups excluding carboxylic acids is 1. The Hall–Kier alpha value is -3.93. The number of benzene rings is 3. The first-order valence-corrected chi connectivity index (χ1v) is 13.2. The number of carbonyl (C=O) groups is 1. The van der Waals surface area contributed by atoms with Gasteiger partial charge < -0.3 is 10.6 Å². The van der Waals surface area contributed by atoms with Crippen LogP contribution in [0.1, 0.15) is 22.3 Å². The molecular formula is C27H24N4O3S. The Morgan fingerprint density at radius 2 is 1.71 bits per heavy atom. The smallest absolute Gasteiger partial charge is 0.258 e. The highest BCUT2D eigenvalue weighted by atomic mass is 32.2. The lowest BCUT2D eigenvalue weighted by molar-refractivity contribution is -0.110. The van der Waals surface area contributed by atoms with Crippen LogP contribution in [0.25, 0.3) is 11.3 Å². The Bertz CT molecular complexity index is 1440. The van der Waals surface area contributed by atoms with E-state index in [2.05, 4.69) is 21.6 Å². The highest BCUT2D eigenvalue weighted by molar-refractivity contribution is 7.91. The summed E-state index contributed by atoms with van der Waals surface area (Å²) in [7, 11) is -2.90. The average molecular weight is 485 g/mol. The molecule has 7 nitrogen and oxygen atoms in total. The molecule has 1 amide bonds. The Labute approximate surface area is 204 Å². The molecule has 5 rings (SSSR count). The molecule has 2 N–H and O–H groups in total. The number of rotatable bonds is 5. The van der Waals surface area contributed by atoms with Gasteiger partial charge in [-0.1, -0.05) is 42.5 Å². The van der Waals surface area contributed by atoms with E-state index in [1.54, 1.807) is 18.2 Å². The molecule has 3 aromatic rings. The van der Waals surface area contributed by atoms with Crippen molar-refractivity contribution < 1.29 is 13.2 Å². The molecule has 0 unspecified atom stereocenters. The van der Waals surface area contributed by atoms with E-state index >= 15 is 0 Å². The lowest BCUT2D eigenvalue weighted by atomic mass is 9.98. The zero-order valence-corrected chi connectivity index (χ0v) is 19.8. The number of nitrogens with one attached hydrogen (secondary N) is 2. The number of sulfone groups is 1. The Balaban J connectivity index is 1.45. The Morgan fingerprint density at radius 3 is 2.40 bits per heavy atom. The molecule has 0 bridgehead atoms. The summed E-state index contributed by atoms with van der Waals surface area (Å²) < 4.78 is 23.3. The summed E-state index contributed by atoms with van der Waals surface area (Å²) in [6.07, 6.45) is 0. The summed E-state index contributed by atoms with van der Waals surface area (Å²) in [5, 5.41) is 15.7. The van der Waals surface area contributed by atoms with Crippen LogP contribution in [0, 0.1) is 11.3 Å². The van der Waals surface area contributed by atoms with E-state index in [1.807, 2.05) is 54.6 Å². The molecule has 0 atom stereocenters. The van der Waals surface area contributed by atoms with Crippen molar-refractivity contribution in [3.05, 3.63) is 95.1 Å². The van der Waals surface area contributed by atoms with Gasteiger partial charge in [0.15, 0.2) is 9.84 Å². The van der Waals surface area contributed by atoms with Crippen LogP contribution < -0.4 is 10.6 Å². The molecule has 35 heavy (non-hydrogen) atoms. The van der Waals surface area contributed by atoms with Crippen LogP contribution in [-0.4, -0.2) is 43.8 Å². The van der Waals surface area contributed by atoms with Gasteiger partial charge in [0.1, 0.15) is 0 Å². The van der Waals surface area contributed by atoms with E-state index in [1.165, 1.54) is 0 Å². The van der Waals surface area contributed by atoms with Gasteiger partial charge in [0.2, 0.25) is 0 Å². The molecule has 3 aromatic carbocycles. The summed E-state index contributed by atoms with van der Waals surface area (Å²) in [5.41, 5.74) is 5.76. The molecule has 8 heteroatoms. The van der Waals surface area contributed by atoms with Crippen molar-refractivity contribution in [3.63, 3.8) is 0 Å². The zero-order valence-electron chi connectivity index (χ0n) is 19.0. The molecule has 176 valence electrons. The van der Waals surface area contributed by atoms with E-state index < -0.39 is 9.84 Å². The lowest BCUT2D eigenvalue weighted by Gasteiger charge is -2.26. The summed E-state index contributed by atoms with van der Waals surface area (Å²) in [6.45, 7) is 1.78. The van der Waals surface area contributed by atoms with Crippen molar-refractivity contribution in [3.8, 4) is 6.07 Å². The average Bonchev–Trinajstić information content (AvgIpc) is 3.20. The minimum absolute atomic E-state index is 0.206. The van der Waals surface area contributed by atoms with Crippen molar-refractivity contribution in [2.75, 3.05) is 35.2 Å². The van der Waals surface area contributed by atoms with Crippen LogP contribution in [0.3, 0.4) is 0 Å². The molecule has 1 saturated heterocycles. The maximum absolute atomic E-state index is 13.0. The normalized spacial score (nSPS) is 18.3. The van der Waals surface area contributed by atoms with E-state index in [4.69, 9.17) is 0 Å². The molecule has 0 radical (unpaired) electrons. The van der Waals surface area contributed by atoms with Crippen LogP contribution in [0.4, 0.5) is 11.4 Å². The molecule has 0 saturated carbocycles.